The molecule has 0 aliphatic carbocycles. The summed E-state index contributed by atoms with van der Waals surface area (Å²) in [6.45, 7) is 1.92. The predicted octanol–water partition coefficient (Wildman–Crippen LogP) is 3.49. The third kappa shape index (κ3) is 2.49. The van der Waals surface area contributed by atoms with Gasteiger partial charge >= 0.3 is 0 Å². The third-order valence-electron chi connectivity index (χ3n) is 2.40. The monoisotopic (exact) mass is 231 g/mol. The topological polar surface area (TPSA) is 29.1 Å². The summed E-state index contributed by atoms with van der Waals surface area (Å²) in [6.07, 6.45) is 0. The average molecular weight is 231 g/mol. The van der Waals surface area contributed by atoms with Crippen LogP contribution in [0.4, 0.5) is 5.69 Å². The molecule has 2 nitrogen and oxygen atoms in total. The van der Waals surface area contributed by atoms with Crippen molar-refractivity contribution in [1.29, 1.82) is 0 Å². The minimum atomic E-state index is -0.0970. The van der Waals surface area contributed by atoms with E-state index in [9.17, 15) is 4.79 Å². The first-order valence-electron chi connectivity index (χ1n) is 5.16. The lowest BCUT2D eigenvalue weighted by Gasteiger charge is -2.10. The van der Waals surface area contributed by atoms with Crippen LogP contribution in [0.5, 0.6) is 0 Å². The van der Waals surface area contributed by atoms with Crippen LogP contribution in [0.3, 0.4) is 0 Å². The summed E-state index contributed by atoms with van der Waals surface area (Å²) < 4.78 is 0. The number of amides is 1. The lowest BCUT2D eigenvalue weighted by molar-refractivity contribution is -0.117. The zero-order chi connectivity index (χ0) is 11.4. The second-order valence-electron chi connectivity index (χ2n) is 3.59. The summed E-state index contributed by atoms with van der Waals surface area (Å²) in [6, 6.07) is 13.5. The highest BCUT2D eigenvalue weighted by Gasteiger charge is 2.15. The van der Waals surface area contributed by atoms with Crippen molar-refractivity contribution in [1.82, 2.24) is 0 Å². The quantitative estimate of drug-likeness (QED) is 0.860. The Bertz CT molecular complexity index is 450. The van der Waals surface area contributed by atoms with E-state index in [0.717, 1.165) is 10.6 Å². The van der Waals surface area contributed by atoms with Crippen molar-refractivity contribution in [3.8, 4) is 0 Å². The van der Waals surface area contributed by atoms with Gasteiger partial charge in [0.05, 0.1) is 5.92 Å². The minimum Gasteiger partial charge on any atom is -0.326 e. The van der Waals surface area contributed by atoms with E-state index >= 15 is 0 Å². The average Bonchev–Trinajstić information content (AvgIpc) is 2.83. The molecule has 1 aromatic carbocycles. The van der Waals surface area contributed by atoms with Gasteiger partial charge in [0.2, 0.25) is 5.91 Å². The molecule has 1 unspecified atom stereocenters. The first-order valence-corrected chi connectivity index (χ1v) is 6.04. The Balaban J connectivity index is 2.04. The molecule has 2 rings (SSSR count). The molecule has 0 saturated carbocycles. The summed E-state index contributed by atoms with van der Waals surface area (Å²) in [5.74, 6) is -0.0612. The van der Waals surface area contributed by atoms with Crippen LogP contribution >= 0.6 is 11.3 Å². The molecule has 1 N–H and O–H groups in total. The molecule has 16 heavy (non-hydrogen) atoms. The zero-order valence-electron chi connectivity index (χ0n) is 9.01. The third-order valence-corrected chi connectivity index (χ3v) is 3.46. The van der Waals surface area contributed by atoms with Crippen LogP contribution in [0, 0.1) is 0 Å². The van der Waals surface area contributed by atoms with Crippen molar-refractivity contribution in [3.63, 3.8) is 0 Å². The first-order chi connectivity index (χ1) is 7.77. The number of thiophene rings is 1. The standard InChI is InChI=1S/C13H13NOS/c1-10(12-8-5-9-16-12)13(15)14-11-6-3-2-4-7-11/h2-10H,1H3,(H,14,15). The number of carbonyl (C=O) groups excluding carboxylic acids is 1. The van der Waals surface area contributed by atoms with E-state index in [-0.39, 0.29) is 11.8 Å². The van der Waals surface area contributed by atoms with Crippen molar-refractivity contribution in [2.24, 2.45) is 0 Å². The molecule has 82 valence electrons. The van der Waals surface area contributed by atoms with Crippen LogP contribution < -0.4 is 5.32 Å². The number of anilines is 1. The van der Waals surface area contributed by atoms with Gasteiger partial charge in [0.15, 0.2) is 0 Å². The Morgan fingerprint density at radius 1 is 1.19 bits per heavy atom. The highest BCUT2D eigenvalue weighted by atomic mass is 32.1. The summed E-state index contributed by atoms with van der Waals surface area (Å²) in [4.78, 5) is 13.0. The van der Waals surface area contributed by atoms with Gasteiger partial charge in [-0.15, -0.1) is 11.3 Å². The maximum absolute atomic E-state index is 11.9. The van der Waals surface area contributed by atoms with Gasteiger partial charge in [-0.3, -0.25) is 4.79 Å². The first kappa shape index (κ1) is 10.9. The van der Waals surface area contributed by atoms with Crippen molar-refractivity contribution < 1.29 is 4.79 Å². The van der Waals surface area contributed by atoms with Crippen molar-refractivity contribution in [3.05, 3.63) is 52.7 Å². The van der Waals surface area contributed by atoms with E-state index in [0.29, 0.717) is 0 Å². The molecule has 1 aromatic heterocycles. The van der Waals surface area contributed by atoms with Gasteiger partial charge in [-0.05, 0) is 30.5 Å². The molecule has 1 amide bonds. The van der Waals surface area contributed by atoms with Crippen LogP contribution in [-0.2, 0) is 4.79 Å². The lowest BCUT2D eigenvalue weighted by atomic mass is 10.1. The maximum Gasteiger partial charge on any atom is 0.232 e. The molecule has 0 saturated heterocycles. The normalized spacial score (nSPS) is 12.1. The Morgan fingerprint density at radius 3 is 2.56 bits per heavy atom. The van der Waals surface area contributed by atoms with Gasteiger partial charge in [-0.1, -0.05) is 24.3 Å². The van der Waals surface area contributed by atoms with Crippen LogP contribution in [0.25, 0.3) is 0 Å². The van der Waals surface area contributed by atoms with Gasteiger partial charge < -0.3 is 5.32 Å². The summed E-state index contributed by atoms with van der Waals surface area (Å²) >= 11 is 1.61. The van der Waals surface area contributed by atoms with Crippen LogP contribution in [0.1, 0.15) is 17.7 Å². The number of para-hydroxylation sites is 1. The van der Waals surface area contributed by atoms with E-state index in [4.69, 9.17) is 0 Å². The van der Waals surface area contributed by atoms with E-state index in [1.165, 1.54) is 0 Å². The molecule has 0 aliphatic rings. The number of rotatable bonds is 3. The van der Waals surface area contributed by atoms with Gasteiger partial charge in [0.1, 0.15) is 0 Å². The largest absolute Gasteiger partial charge is 0.326 e. The lowest BCUT2D eigenvalue weighted by Crippen LogP contribution is -2.17. The fraction of sp³-hybridized carbons (Fsp3) is 0.154. The fourth-order valence-corrected chi connectivity index (χ4v) is 2.22. The Hall–Kier alpha value is -1.61. The fourth-order valence-electron chi connectivity index (χ4n) is 1.44. The molecule has 0 aliphatic heterocycles. The number of benzene rings is 1. The predicted molar refractivity (Wildman–Crippen MR) is 67.8 cm³/mol. The van der Waals surface area contributed by atoms with Gasteiger partial charge in [0.25, 0.3) is 0 Å². The molecule has 1 atom stereocenters. The van der Waals surface area contributed by atoms with Crippen LogP contribution in [-0.4, -0.2) is 5.91 Å². The Kier molecular flexibility index (Phi) is 3.37. The maximum atomic E-state index is 11.9. The van der Waals surface area contributed by atoms with E-state index in [1.54, 1.807) is 11.3 Å². The van der Waals surface area contributed by atoms with Gasteiger partial charge in [0, 0.05) is 10.6 Å². The molecule has 3 heteroatoms. The Morgan fingerprint density at radius 2 is 1.94 bits per heavy atom. The molecule has 0 fully saturated rings. The number of hydrogen-bond acceptors (Lipinski definition) is 2. The number of carbonyl (C=O) groups is 1. The van der Waals surface area contributed by atoms with E-state index < -0.39 is 0 Å². The SMILES string of the molecule is CC(C(=O)Nc1ccccc1)c1cccs1. The van der Waals surface area contributed by atoms with Crippen LogP contribution in [0.15, 0.2) is 47.8 Å². The zero-order valence-corrected chi connectivity index (χ0v) is 9.83. The molecular formula is C13H13NOS. The smallest absolute Gasteiger partial charge is 0.232 e. The molecule has 0 bridgehead atoms. The second kappa shape index (κ2) is 4.94. The molecule has 0 spiro atoms. The summed E-state index contributed by atoms with van der Waals surface area (Å²) in [7, 11) is 0. The molecule has 1 heterocycles. The van der Waals surface area contributed by atoms with E-state index in [1.807, 2.05) is 54.8 Å². The van der Waals surface area contributed by atoms with Gasteiger partial charge in [-0.2, -0.15) is 0 Å². The highest BCUT2D eigenvalue weighted by Crippen LogP contribution is 2.22. The van der Waals surface area contributed by atoms with Crippen molar-refractivity contribution >= 4 is 22.9 Å². The van der Waals surface area contributed by atoms with Gasteiger partial charge in [-0.25, -0.2) is 0 Å². The number of nitrogens with one attached hydrogen (secondary N) is 1. The number of hydrogen-bond donors (Lipinski definition) is 1. The second-order valence-corrected chi connectivity index (χ2v) is 4.57. The Labute approximate surface area is 98.9 Å². The molecular weight excluding hydrogens is 218 g/mol. The van der Waals surface area contributed by atoms with Crippen molar-refractivity contribution in [2.45, 2.75) is 12.8 Å². The molecule has 0 radical (unpaired) electrons. The summed E-state index contributed by atoms with van der Waals surface area (Å²) in [5.41, 5.74) is 0.843. The minimum absolute atomic E-state index is 0.0358. The van der Waals surface area contributed by atoms with Crippen molar-refractivity contribution in [2.75, 3.05) is 5.32 Å². The van der Waals surface area contributed by atoms with Crippen LogP contribution in [0.2, 0.25) is 0 Å². The molecule has 2 aromatic rings. The highest BCUT2D eigenvalue weighted by molar-refractivity contribution is 7.10. The summed E-state index contributed by atoms with van der Waals surface area (Å²) in [5, 5.41) is 4.89. The van der Waals surface area contributed by atoms with E-state index in [2.05, 4.69) is 5.32 Å².